The highest BCUT2D eigenvalue weighted by atomic mass is 32.2. The summed E-state index contributed by atoms with van der Waals surface area (Å²) in [7, 11) is -2.94. The fourth-order valence-corrected chi connectivity index (χ4v) is 3.78. The first kappa shape index (κ1) is 13.3. The molecule has 0 unspecified atom stereocenters. The first-order chi connectivity index (χ1) is 8.53. The largest absolute Gasteiger partial charge is 0.371 e. The lowest BCUT2D eigenvalue weighted by atomic mass is 10.1. The third kappa shape index (κ3) is 2.83. The third-order valence-electron chi connectivity index (χ3n) is 3.53. The summed E-state index contributed by atoms with van der Waals surface area (Å²) in [6.07, 6.45) is 1.26. The minimum Gasteiger partial charge on any atom is -0.371 e. The van der Waals surface area contributed by atoms with Gasteiger partial charge in [0.05, 0.1) is 5.25 Å². The molecule has 1 aliphatic heterocycles. The van der Waals surface area contributed by atoms with Gasteiger partial charge < -0.3 is 4.90 Å². The van der Waals surface area contributed by atoms with Crippen LogP contribution < -0.4 is 4.90 Å². The van der Waals surface area contributed by atoms with Gasteiger partial charge in [0.15, 0.2) is 9.84 Å². The van der Waals surface area contributed by atoms with Gasteiger partial charge in [0.25, 0.3) is 0 Å². The lowest BCUT2D eigenvalue weighted by Crippen LogP contribution is -2.39. The molecule has 1 fully saturated rings. The summed E-state index contributed by atoms with van der Waals surface area (Å²) in [4.78, 5) is 2.05. The number of rotatable bonds is 3. The number of nitrogens with zero attached hydrogens (tertiary/aromatic N) is 1. The van der Waals surface area contributed by atoms with Gasteiger partial charge in [0, 0.05) is 24.5 Å². The van der Waals surface area contributed by atoms with Gasteiger partial charge in [-0.2, -0.15) is 0 Å². The summed E-state index contributed by atoms with van der Waals surface area (Å²) in [6.45, 7) is 3.04. The Labute approximate surface area is 108 Å². The SMILES string of the molecule is CCS(=O)(=O)C1CCN(c2cccc(F)c2)CC1. The van der Waals surface area contributed by atoms with E-state index in [0.29, 0.717) is 25.9 Å². The Kier molecular flexibility index (Phi) is 3.90. The van der Waals surface area contributed by atoms with Crippen LogP contribution in [0.15, 0.2) is 24.3 Å². The molecular weight excluding hydrogens is 253 g/mol. The highest BCUT2D eigenvalue weighted by molar-refractivity contribution is 7.92. The minimum atomic E-state index is -2.94. The average Bonchev–Trinajstić information content (AvgIpc) is 2.39. The number of halogens is 1. The second-order valence-electron chi connectivity index (χ2n) is 4.62. The van der Waals surface area contributed by atoms with E-state index >= 15 is 0 Å². The van der Waals surface area contributed by atoms with E-state index in [1.54, 1.807) is 13.0 Å². The van der Waals surface area contributed by atoms with Crippen LogP contribution in [0.4, 0.5) is 10.1 Å². The van der Waals surface area contributed by atoms with Gasteiger partial charge in [-0.1, -0.05) is 13.0 Å². The Balaban J connectivity index is 2.03. The first-order valence-corrected chi connectivity index (χ1v) is 7.96. The molecule has 0 aromatic heterocycles. The fourth-order valence-electron chi connectivity index (χ4n) is 2.38. The van der Waals surface area contributed by atoms with Crippen LogP contribution in [0.1, 0.15) is 19.8 Å². The Morgan fingerprint density at radius 3 is 2.56 bits per heavy atom. The third-order valence-corrected chi connectivity index (χ3v) is 5.82. The van der Waals surface area contributed by atoms with Crippen LogP contribution in [0.25, 0.3) is 0 Å². The molecule has 5 heteroatoms. The Morgan fingerprint density at radius 2 is 2.00 bits per heavy atom. The second-order valence-corrected chi connectivity index (χ2v) is 7.19. The Bertz CT molecular complexity index is 507. The summed E-state index contributed by atoms with van der Waals surface area (Å²) in [5.74, 6) is -0.0479. The van der Waals surface area contributed by atoms with Gasteiger partial charge in [0.1, 0.15) is 5.82 Å². The molecule has 1 heterocycles. The zero-order valence-corrected chi connectivity index (χ0v) is 11.3. The van der Waals surface area contributed by atoms with Gasteiger partial charge in [0.2, 0.25) is 0 Å². The molecule has 0 N–H and O–H groups in total. The summed E-state index contributed by atoms with van der Waals surface area (Å²) >= 11 is 0. The Morgan fingerprint density at radius 1 is 1.33 bits per heavy atom. The molecule has 100 valence electrons. The molecule has 0 radical (unpaired) electrons. The van der Waals surface area contributed by atoms with Gasteiger partial charge in [-0.15, -0.1) is 0 Å². The molecule has 18 heavy (non-hydrogen) atoms. The van der Waals surface area contributed by atoms with Crippen molar-refractivity contribution < 1.29 is 12.8 Å². The van der Waals surface area contributed by atoms with Crippen molar-refractivity contribution in [2.24, 2.45) is 0 Å². The van der Waals surface area contributed by atoms with Crippen LogP contribution in [0.3, 0.4) is 0 Å². The molecule has 1 aromatic rings. The maximum Gasteiger partial charge on any atom is 0.153 e. The highest BCUT2D eigenvalue weighted by Gasteiger charge is 2.28. The van der Waals surface area contributed by atoms with Crippen LogP contribution in [0.5, 0.6) is 0 Å². The fraction of sp³-hybridized carbons (Fsp3) is 0.538. The molecule has 0 aliphatic carbocycles. The summed E-state index contributed by atoms with van der Waals surface area (Å²) < 4.78 is 36.7. The van der Waals surface area contributed by atoms with Crippen molar-refractivity contribution in [3.63, 3.8) is 0 Å². The standard InChI is InChI=1S/C13H18FNO2S/c1-2-18(16,17)13-6-8-15(9-7-13)12-5-3-4-11(14)10-12/h3-5,10,13H,2,6-9H2,1H3. The predicted octanol–water partition coefficient (Wildman–Crippen LogP) is 2.23. The lowest BCUT2D eigenvalue weighted by Gasteiger charge is -2.33. The van der Waals surface area contributed by atoms with E-state index in [9.17, 15) is 12.8 Å². The molecular formula is C13H18FNO2S. The maximum atomic E-state index is 13.1. The van der Waals surface area contributed by atoms with Crippen molar-refractivity contribution in [2.45, 2.75) is 25.0 Å². The summed E-state index contributed by atoms with van der Waals surface area (Å²) in [6, 6.07) is 6.45. The van der Waals surface area contributed by atoms with Gasteiger partial charge >= 0.3 is 0 Å². The van der Waals surface area contributed by atoms with Crippen LogP contribution in [-0.2, 0) is 9.84 Å². The van der Waals surface area contributed by atoms with Gasteiger partial charge in [-0.25, -0.2) is 12.8 Å². The molecule has 0 atom stereocenters. The zero-order valence-electron chi connectivity index (χ0n) is 10.5. The topological polar surface area (TPSA) is 37.4 Å². The van der Waals surface area contributed by atoms with E-state index in [0.717, 1.165) is 5.69 Å². The quantitative estimate of drug-likeness (QED) is 0.846. The van der Waals surface area contributed by atoms with Gasteiger partial charge in [-0.3, -0.25) is 0 Å². The number of piperidine rings is 1. The van der Waals surface area contributed by atoms with E-state index in [4.69, 9.17) is 0 Å². The molecule has 1 aromatic carbocycles. The van der Waals surface area contributed by atoms with Gasteiger partial charge in [-0.05, 0) is 31.0 Å². The first-order valence-electron chi connectivity index (χ1n) is 6.25. The highest BCUT2D eigenvalue weighted by Crippen LogP contribution is 2.24. The number of hydrogen-bond donors (Lipinski definition) is 0. The zero-order chi connectivity index (χ0) is 13.2. The number of benzene rings is 1. The predicted molar refractivity (Wildman–Crippen MR) is 71.1 cm³/mol. The number of hydrogen-bond acceptors (Lipinski definition) is 3. The van der Waals surface area contributed by atoms with Crippen molar-refractivity contribution in [1.82, 2.24) is 0 Å². The molecule has 2 rings (SSSR count). The van der Waals surface area contributed by atoms with E-state index in [1.807, 2.05) is 11.0 Å². The normalized spacial score (nSPS) is 18.0. The molecule has 0 saturated carbocycles. The van der Waals surface area contributed by atoms with Crippen molar-refractivity contribution in [1.29, 1.82) is 0 Å². The maximum absolute atomic E-state index is 13.1. The lowest BCUT2D eigenvalue weighted by molar-refractivity contribution is 0.530. The number of sulfone groups is 1. The molecule has 0 amide bonds. The van der Waals surface area contributed by atoms with Crippen molar-refractivity contribution in [3.8, 4) is 0 Å². The van der Waals surface area contributed by atoms with Crippen molar-refractivity contribution >= 4 is 15.5 Å². The van der Waals surface area contributed by atoms with E-state index < -0.39 is 9.84 Å². The van der Waals surface area contributed by atoms with E-state index in [-0.39, 0.29) is 16.8 Å². The molecule has 0 bridgehead atoms. The molecule has 1 aliphatic rings. The number of anilines is 1. The van der Waals surface area contributed by atoms with Crippen molar-refractivity contribution in [2.75, 3.05) is 23.7 Å². The molecule has 3 nitrogen and oxygen atoms in total. The van der Waals surface area contributed by atoms with Crippen LogP contribution in [0, 0.1) is 5.82 Å². The Hall–Kier alpha value is -1.10. The smallest absolute Gasteiger partial charge is 0.153 e. The second kappa shape index (κ2) is 5.26. The average molecular weight is 271 g/mol. The van der Waals surface area contributed by atoms with E-state index in [2.05, 4.69) is 0 Å². The van der Waals surface area contributed by atoms with Crippen LogP contribution in [-0.4, -0.2) is 32.5 Å². The summed E-state index contributed by atoms with van der Waals surface area (Å²) in [5, 5.41) is -0.229. The van der Waals surface area contributed by atoms with E-state index in [1.165, 1.54) is 12.1 Å². The molecule has 1 saturated heterocycles. The van der Waals surface area contributed by atoms with Crippen LogP contribution in [0.2, 0.25) is 0 Å². The van der Waals surface area contributed by atoms with Crippen LogP contribution >= 0.6 is 0 Å². The summed E-state index contributed by atoms with van der Waals surface area (Å²) in [5.41, 5.74) is 0.836. The van der Waals surface area contributed by atoms with Crippen molar-refractivity contribution in [3.05, 3.63) is 30.1 Å². The molecule has 0 spiro atoms. The minimum absolute atomic E-state index is 0.206. The monoisotopic (exact) mass is 271 g/mol.